The average molecular weight is 389 g/mol. The van der Waals surface area contributed by atoms with E-state index >= 15 is 0 Å². The Bertz CT molecular complexity index is 777. The summed E-state index contributed by atoms with van der Waals surface area (Å²) in [7, 11) is 2.92. The van der Waals surface area contributed by atoms with E-state index in [4.69, 9.17) is 14.2 Å². The molecular weight excluding hydrogens is 366 g/mol. The molecule has 0 radical (unpaired) electrons. The predicted octanol–water partition coefficient (Wildman–Crippen LogP) is 0.785. The number of methoxy groups -OCH3 is 2. The van der Waals surface area contributed by atoms with Crippen molar-refractivity contribution < 1.29 is 28.6 Å². The van der Waals surface area contributed by atoms with Gasteiger partial charge in [-0.05, 0) is 37.8 Å². The highest BCUT2D eigenvalue weighted by molar-refractivity contribution is 5.96. The van der Waals surface area contributed by atoms with E-state index < -0.39 is 36.5 Å². The minimum absolute atomic E-state index is 0.122. The Hall–Kier alpha value is -3.28. The van der Waals surface area contributed by atoms with Crippen LogP contribution in [-0.4, -0.2) is 50.7 Å². The minimum Gasteiger partial charge on any atom is -0.497 e. The Kier molecular flexibility index (Phi) is 6.82. The number of hydrogen-bond donors (Lipinski definition) is 2. The van der Waals surface area contributed by atoms with E-state index in [1.807, 2.05) is 0 Å². The fraction of sp³-hybridized carbons (Fsp3) is 0.474. The van der Waals surface area contributed by atoms with Gasteiger partial charge in [0.2, 0.25) is 0 Å². The number of nitrogens with one attached hydrogen (secondary N) is 2. The molecular formula is C19H23N3O6. The molecule has 1 aliphatic carbocycles. The number of carbonyl (C=O) groups is 3. The summed E-state index contributed by atoms with van der Waals surface area (Å²) < 4.78 is 15.0. The highest BCUT2D eigenvalue weighted by Crippen LogP contribution is 2.39. The van der Waals surface area contributed by atoms with Crippen LogP contribution in [-0.2, 0) is 14.3 Å². The first-order valence-corrected chi connectivity index (χ1v) is 8.70. The number of nitriles is 1. The molecule has 0 unspecified atom stereocenters. The van der Waals surface area contributed by atoms with Crippen LogP contribution in [0.25, 0.3) is 0 Å². The largest absolute Gasteiger partial charge is 0.497 e. The van der Waals surface area contributed by atoms with Gasteiger partial charge in [0.05, 0.1) is 20.3 Å². The van der Waals surface area contributed by atoms with Crippen molar-refractivity contribution in [3.63, 3.8) is 0 Å². The molecule has 0 heterocycles. The van der Waals surface area contributed by atoms with Crippen LogP contribution in [0.15, 0.2) is 18.2 Å². The second-order valence-corrected chi connectivity index (χ2v) is 6.58. The van der Waals surface area contributed by atoms with Crippen molar-refractivity contribution in [3.05, 3.63) is 23.8 Å². The topological polar surface area (TPSA) is 127 Å². The number of benzene rings is 1. The van der Waals surface area contributed by atoms with E-state index in [0.717, 1.165) is 12.8 Å². The van der Waals surface area contributed by atoms with Crippen LogP contribution in [0.5, 0.6) is 11.5 Å². The fourth-order valence-corrected chi connectivity index (χ4v) is 2.60. The smallest absolute Gasteiger partial charge is 0.325 e. The van der Waals surface area contributed by atoms with Gasteiger partial charge in [-0.15, -0.1) is 0 Å². The molecule has 1 aromatic rings. The molecule has 2 N–H and O–H groups in total. The van der Waals surface area contributed by atoms with Gasteiger partial charge in [0.15, 0.2) is 6.61 Å². The van der Waals surface area contributed by atoms with Crippen molar-refractivity contribution in [2.75, 3.05) is 27.4 Å². The summed E-state index contributed by atoms with van der Waals surface area (Å²) >= 11 is 0. The van der Waals surface area contributed by atoms with Crippen molar-refractivity contribution in [2.45, 2.75) is 25.3 Å². The van der Waals surface area contributed by atoms with Gasteiger partial charge in [-0.3, -0.25) is 14.4 Å². The minimum atomic E-state index is -0.955. The van der Waals surface area contributed by atoms with Crippen LogP contribution >= 0.6 is 0 Å². The first-order valence-electron chi connectivity index (χ1n) is 8.70. The van der Waals surface area contributed by atoms with Crippen LogP contribution in [0.2, 0.25) is 0 Å². The first kappa shape index (κ1) is 21.0. The maximum absolute atomic E-state index is 12.2. The molecule has 0 bridgehead atoms. The Labute approximate surface area is 162 Å². The van der Waals surface area contributed by atoms with Gasteiger partial charge in [-0.1, -0.05) is 0 Å². The molecule has 0 aromatic heterocycles. The third kappa shape index (κ3) is 5.61. The quantitative estimate of drug-likeness (QED) is 0.598. The Morgan fingerprint density at radius 3 is 2.29 bits per heavy atom. The standard InChI is InChI=1S/C19H23N3O6/c1-19(11-20,13-4-5-13)22-16(23)10-28-17(24)9-21-18(25)12-6-14(26-2)8-15(7-12)27-3/h6-8,13H,4-5,9-10H2,1-3H3,(H,21,25)(H,22,23)/t19-/m0/s1. The number of amides is 2. The van der Waals surface area contributed by atoms with Gasteiger partial charge >= 0.3 is 5.97 Å². The normalized spacial score (nSPS) is 14.8. The number of ether oxygens (including phenoxy) is 3. The monoisotopic (exact) mass is 389 g/mol. The number of nitrogens with zero attached hydrogens (tertiary/aromatic N) is 1. The molecule has 9 nitrogen and oxygen atoms in total. The highest BCUT2D eigenvalue weighted by Gasteiger charge is 2.43. The third-order valence-corrected chi connectivity index (χ3v) is 4.40. The summed E-state index contributed by atoms with van der Waals surface area (Å²) in [6, 6.07) is 6.69. The lowest BCUT2D eigenvalue weighted by molar-refractivity contribution is -0.147. The molecule has 1 aromatic carbocycles. The van der Waals surface area contributed by atoms with Gasteiger partial charge in [-0.2, -0.15) is 5.26 Å². The highest BCUT2D eigenvalue weighted by atomic mass is 16.5. The predicted molar refractivity (Wildman–Crippen MR) is 97.7 cm³/mol. The molecule has 0 saturated heterocycles. The number of carbonyl (C=O) groups excluding carboxylic acids is 3. The molecule has 150 valence electrons. The van der Waals surface area contributed by atoms with Crippen LogP contribution < -0.4 is 20.1 Å². The lowest BCUT2D eigenvalue weighted by Gasteiger charge is -2.22. The van der Waals surface area contributed by atoms with E-state index in [1.165, 1.54) is 26.4 Å². The van der Waals surface area contributed by atoms with Crippen molar-refractivity contribution >= 4 is 17.8 Å². The summed E-state index contributed by atoms with van der Waals surface area (Å²) in [5.41, 5.74) is -0.709. The number of esters is 1. The lowest BCUT2D eigenvalue weighted by atomic mass is 9.98. The lowest BCUT2D eigenvalue weighted by Crippen LogP contribution is -2.48. The summed E-state index contributed by atoms with van der Waals surface area (Å²) in [5, 5.41) is 14.2. The van der Waals surface area contributed by atoms with Crippen LogP contribution in [0.4, 0.5) is 0 Å². The zero-order valence-corrected chi connectivity index (χ0v) is 16.0. The van der Waals surface area contributed by atoms with Crippen LogP contribution in [0.3, 0.4) is 0 Å². The molecule has 9 heteroatoms. The molecule has 1 saturated carbocycles. The van der Waals surface area contributed by atoms with Gasteiger partial charge < -0.3 is 24.8 Å². The Morgan fingerprint density at radius 2 is 1.79 bits per heavy atom. The van der Waals surface area contributed by atoms with Gasteiger partial charge in [0.1, 0.15) is 23.6 Å². The second-order valence-electron chi connectivity index (χ2n) is 6.58. The first-order chi connectivity index (χ1) is 13.3. The van der Waals surface area contributed by atoms with E-state index in [9.17, 15) is 19.6 Å². The van der Waals surface area contributed by atoms with Gasteiger partial charge in [-0.25, -0.2) is 0 Å². The average Bonchev–Trinajstić information content (AvgIpc) is 3.55. The maximum Gasteiger partial charge on any atom is 0.325 e. The van der Waals surface area contributed by atoms with Crippen LogP contribution in [0, 0.1) is 17.2 Å². The molecule has 2 amide bonds. The fourth-order valence-electron chi connectivity index (χ4n) is 2.60. The number of rotatable bonds is 9. The maximum atomic E-state index is 12.2. The second kappa shape index (κ2) is 9.08. The van der Waals surface area contributed by atoms with E-state index in [1.54, 1.807) is 13.0 Å². The molecule has 1 fully saturated rings. The van der Waals surface area contributed by atoms with E-state index in [0.29, 0.717) is 11.5 Å². The molecule has 1 aliphatic rings. The zero-order valence-electron chi connectivity index (χ0n) is 16.0. The Morgan fingerprint density at radius 1 is 1.18 bits per heavy atom. The van der Waals surface area contributed by atoms with Gasteiger partial charge in [0.25, 0.3) is 11.8 Å². The summed E-state index contributed by atoms with van der Waals surface area (Å²) in [5.74, 6) is -0.878. The molecule has 28 heavy (non-hydrogen) atoms. The summed E-state index contributed by atoms with van der Waals surface area (Å²) in [4.78, 5) is 35.9. The van der Waals surface area contributed by atoms with Crippen molar-refractivity contribution in [1.29, 1.82) is 5.26 Å². The van der Waals surface area contributed by atoms with Crippen LogP contribution in [0.1, 0.15) is 30.1 Å². The molecule has 0 spiro atoms. The van der Waals surface area contributed by atoms with E-state index in [2.05, 4.69) is 16.7 Å². The molecule has 0 aliphatic heterocycles. The SMILES string of the molecule is COc1cc(OC)cc(C(=O)NCC(=O)OCC(=O)N[C@@](C)(C#N)C2CC2)c1. The zero-order chi connectivity index (χ0) is 20.7. The summed E-state index contributed by atoms with van der Waals surface area (Å²) in [6.07, 6.45) is 1.76. The van der Waals surface area contributed by atoms with Crippen molar-refractivity contribution in [2.24, 2.45) is 5.92 Å². The van der Waals surface area contributed by atoms with Gasteiger partial charge in [0, 0.05) is 11.6 Å². The third-order valence-electron chi connectivity index (χ3n) is 4.40. The van der Waals surface area contributed by atoms with E-state index in [-0.39, 0.29) is 11.5 Å². The summed E-state index contributed by atoms with van der Waals surface area (Å²) in [6.45, 7) is 0.711. The van der Waals surface area contributed by atoms with Crippen molar-refractivity contribution in [3.8, 4) is 17.6 Å². The molecule has 1 atom stereocenters. The van der Waals surface area contributed by atoms with Crippen molar-refractivity contribution in [1.82, 2.24) is 10.6 Å². The molecule has 2 rings (SSSR count). The Balaban J connectivity index is 1.80. The number of hydrogen-bond acceptors (Lipinski definition) is 7.